The van der Waals surface area contributed by atoms with E-state index in [9.17, 15) is 10.1 Å². The molecule has 2 rings (SSSR count). The van der Waals surface area contributed by atoms with Crippen molar-refractivity contribution >= 4 is 11.6 Å². The lowest BCUT2D eigenvalue weighted by Gasteiger charge is -2.19. The number of nitrogens with one attached hydrogen (secondary N) is 2. The SMILES string of the molecule is CCc1cccc(CC)c1N/C=C(/C#N)C(=O)NC1CCCCCCCCCCC1. The predicted molar refractivity (Wildman–Crippen MR) is 125 cm³/mol. The van der Waals surface area contributed by atoms with E-state index in [-0.39, 0.29) is 17.5 Å². The van der Waals surface area contributed by atoms with Gasteiger partial charge in [0.25, 0.3) is 5.91 Å². The molecule has 164 valence electrons. The minimum atomic E-state index is -0.255. The highest BCUT2D eigenvalue weighted by Gasteiger charge is 2.16. The zero-order chi connectivity index (χ0) is 21.6. The minimum Gasteiger partial charge on any atom is -0.360 e. The Morgan fingerprint density at radius 3 is 1.93 bits per heavy atom. The standard InChI is InChI=1S/C26H39N3O/c1-3-21-15-14-16-22(4-2)25(21)28-20-23(19-27)26(30)29-24-17-12-10-8-6-5-7-9-11-13-18-24/h14-16,20,24,28H,3-13,17-18H2,1-2H3,(H,29,30)/b23-20-. The molecule has 0 heterocycles. The first-order valence-corrected chi connectivity index (χ1v) is 12.0. The quantitative estimate of drug-likeness (QED) is 0.421. The second kappa shape index (κ2) is 13.9. The Hall–Kier alpha value is -2.28. The predicted octanol–water partition coefficient (Wildman–Crippen LogP) is 6.42. The van der Waals surface area contributed by atoms with Crippen LogP contribution in [0.1, 0.15) is 95.6 Å². The highest BCUT2D eigenvalue weighted by Crippen LogP contribution is 2.23. The number of nitrogens with zero attached hydrogens (tertiary/aromatic N) is 1. The van der Waals surface area contributed by atoms with E-state index in [1.165, 1.54) is 56.1 Å². The fourth-order valence-corrected chi connectivity index (χ4v) is 4.29. The summed E-state index contributed by atoms with van der Waals surface area (Å²) in [6, 6.07) is 8.50. The summed E-state index contributed by atoms with van der Waals surface area (Å²) >= 11 is 0. The molecule has 0 spiro atoms. The summed E-state index contributed by atoms with van der Waals surface area (Å²) in [6.45, 7) is 4.23. The van der Waals surface area contributed by atoms with Crippen molar-refractivity contribution in [2.24, 2.45) is 0 Å². The number of hydrogen-bond donors (Lipinski definition) is 2. The van der Waals surface area contributed by atoms with Crippen molar-refractivity contribution in [3.8, 4) is 6.07 Å². The van der Waals surface area contributed by atoms with Crippen LogP contribution in [0.15, 0.2) is 30.0 Å². The van der Waals surface area contributed by atoms with Gasteiger partial charge in [0.1, 0.15) is 11.6 Å². The molecule has 0 bridgehead atoms. The van der Waals surface area contributed by atoms with Gasteiger partial charge in [0, 0.05) is 17.9 Å². The summed E-state index contributed by atoms with van der Waals surface area (Å²) in [4.78, 5) is 12.8. The van der Waals surface area contributed by atoms with Crippen LogP contribution in [0.25, 0.3) is 0 Å². The third kappa shape index (κ3) is 7.86. The Labute approximate surface area is 183 Å². The Morgan fingerprint density at radius 2 is 1.47 bits per heavy atom. The molecular formula is C26H39N3O. The number of rotatable bonds is 6. The van der Waals surface area contributed by atoms with E-state index in [2.05, 4.69) is 48.7 Å². The fraction of sp³-hybridized carbons (Fsp3) is 0.615. The topological polar surface area (TPSA) is 64.9 Å². The molecule has 0 aliphatic heterocycles. The summed E-state index contributed by atoms with van der Waals surface area (Å²) in [5.74, 6) is -0.255. The van der Waals surface area contributed by atoms with Gasteiger partial charge in [0.05, 0.1) is 0 Å². The number of aryl methyl sites for hydroxylation is 2. The molecule has 0 radical (unpaired) electrons. The number of nitriles is 1. The van der Waals surface area contributed by atoms with Crippen molar-refractivity contribution in [3.63, 3.8) is 0 Å². The number of anilines is 1. The molecule has 0 atom stereocenters. The smallest absolute Gasteiger partial charge is 0.263 e. The monoisotopic (exact) mass is 409 g/mol. The molecule has 4 nitrogen and oxygen atoms in total. The van der Waals surface area contributed by atoms with Crippen LogP contribution in [0.2, 0.25) is 0 Å². The van der Waals surface area contributed by atoms with Gasteiger partial charge < -0.3 is 10.6 Å². The number of carbonyl (C=O) groups is 1. The normalized spacial score (nSPS) is 17.3. The number of amides is 1. The molecule has 1 aromatic carbocycles. The first-order valence-electron chi connectivity index (χ1n) is 12.0. The van der Waals surface area contributed by atoms with Crippen molar-refractivity contribution < 1.29 is 4.79 Å². The molecule has 4 heteroatoms. The summed E-state index contributed by atoms with van der Waals surface area (Å²) in [6.07, 6.45) is 16.8. The lowest BCUT2D eigenvalue weighted by Crippen LogP contribution is -2.35. The van der Waals surface area contributed by atoms with Gasteiger partial charge in [-0.15, -0.1) is 0 Å². The van der Waals surface area contributed by atoms with Crippen molar-refractivity contribution in [2.75, 3.05) is 5.32 Å². The lowest BCUT2D eigenvalue weighted by atomic mass is 9.97. The van der Waals surface area contributed by atoms with Crippen LogP contribution in [0.3, 0.4) is 0 Å². The lowest BCUT2D eigenvalue weighted by molar-refractivity contribution is -0.117. The summed E-state index contributed by atoms with van der Waals surface area (Å²) < 4.78 is 0. The van der Waals surface area contributed by atoms with E-state index in [4.69, 9.17) is 0 Å². The van der Waals surface area contributed by atoms with Gasteiger partial charge in [-0.1, -0.05) is 89.8 Å². The first kappa shape index (κ1) is 24.0. The summed E-state index contributed by atoms with van der Waals surface area (Å²) in [7, 11) is 0. The molecule has 30 heavy (non-hydrogen) atoms. The van der Waals surface area contributed by atoms with Gasteiger partial charge in [-0.25, -0.2) is 0 Å². The maximum Gasteiger partial charge on any atom is 0.263 e. The van der Waals surface area contributed by atoms with E-state index in [0.29, 0.717) is 0 Å². The van der Waals surface area contributed by atoms with Gasteiger partial charge in [0.2, 0.25) is 0 Å². The van der Waals surface area contributed by atoms with Crippen molar-refractivity contribution in [3.05, 3.63) is 41.1 Å². The van der Waals surface area contributed by atoms with Crippen LogP contribution in [-0.2, 0) is 17.6 Å². The third-order valence-corrected chi connectivity index (χ3v) is 6.17. The van der Waals surface area contributed by atoms with E-state index in [0.717, 1.165) is 44.2 Å². The van der Waals surface area contributed by atoms with Gasteiger partial charge in [-0.2, -0.15) is 5.26 Å². The van der Waals surface area contributed by atoms with Crippen molar-refractivity contribution in [1.29, 1.82) is 5.26 Å². The molecule has 2 N–H and O–H groups in total. The van der Waals surface area contributed by atoms with Gasteiger partial charge >= 0.3 is 0 Å². The van der Waals surface area contributed by atoms with Crippen LogP contribution in [-0.4, -0.2) is 11.9 Å². The number of carbonyl (C=O) groups excluding carboxylic acids is 1. The number of benzene rings is 1. The van der Waals surface area contributed by atoms with E-state index in [1.54, 1.807) is 6.20 Å². The molecule has 0 aromatic heterocycles. The largest absolute Gasteiger partial charge is 0.360 e. The average molecular weight is 410 g/mol. The number of para-hydroxylation sites is 1. The summed E-state index contributed by atoms with van der Waals surface area (Å²) in [5, 5.41) is 16.0. The highest BCUT2D eigenvalue weighted by molar-refractivity contribution is 5.97. The van der Waals surface area contributed by atoms with Crippen LogP contribution >= 0.6 is 0 Å². The molecule has 1 aliphatic rings. The molecule has 0 saturated heterocycles. The van der Waals surface area contributed by atoms with Gasteiger partial charge in [-0.3, -0.25) is 4.79 Å². The third-order valence-electron chi connectivity index (χ3n) is 6.17. The average Bonchev–Trinajstić information content (AvgIpc) is 2.75. The van der Waals surface area contributed by atoms with Crippen LogP contribution in [0.4, 0.5) is 5.69 Å². The molecule has 1 saturated carbocycles. The molecule has 1 aromatic rings. The fourth-order valence-electron chi connectivity index (χ4n) is 4.29. The van der Waals surface area contributed by atoms with Crippen molar-refractivity contribution in [1.82, 2.24) is 5.32 Å². The second-order valence-corrected chi connectivity index (χ2v) is 8.40. The Balaban J connectivity index is 2.03. The minimum absolute atomic E-state index is 0.147. The van der Waals surface area contributed by atoms with E-state index >= 15 is 0 Å². The maximum absolute atomic E-state index is 12.8. The van der Waals surface area contributed by atoms with Gasteiger partial charge in [-0.05, 0) is 36.8 Å². The zero-order valence-corrected chi connectivity index (χ0v) is 18.9. The molecular weight excluding hydrogens is 370 g/mol. The van der Waals surface area contributed by atoms with Crippen LogP contribution < -0.4 is 10.6 Å². The van der Waals surface area contributed by atoms with Crippen LogP contribution in [0, 0.1) is 11.3 Å². The Bertz CT molecular complexity index is 698. The molecule has 1 aliphatic carbocycles. The Kier molecular flexibility index (Phi) is 11.1. The highest BCUT2D eigenvalue weighted by atomic mass is 16.1. The van der Waals surface area contributed by atoms with E-state index in [1.807, 2.05) is 0 Å². The number of hydrogen-bond acceptors (Lipinski definition) is 3. The van der Waals surface area contributed by atoms with Crippen LogP contribution in [0.5, 0.6) is 0 Å². The molecule has 1 amide bonds. The first-order chi connectivity index (χ1) is 14.7. The van der Waals surface area contributed by atoms with Gasteiger partial charge in [0.15, 0.2) is 0 Å². The van der Waals surface area contributed by atoms with Crippen molar-refractivity contribution in [2.45, 2.75) is 103 Å². The molecule has 0 unspecified atom stereocenters. The maximum atomic E-state index is 12.8. The zero-order valence-electron chi connectivity index (χ0n) is 18.9. The summed E-state index contributed by atoms with van der Waals surface area (Å²) in [5.41, 5.74) is 3.56. The van der Waals surface area contributed by atoms with E-state index < -0.39 is 0 Å². The molecule has 1 fully saturated rings. The second-order valence-electron chi connectivity index (χ2n) is 8.40. The Morgan fingerprint density at radius 1 is 0.967 bits per heavy atom.